The molecule has 0 aromatic carbocycles. The lowest BCUT2D eigenvalue weighted by Crippen LogP contribution is -2.52. The zero-order chi connectivity index (χ0) is 18.9. The lowest BCUT2D eigenvalue weighted by molar-refractivity contribution is -0.160. The van der Waals surface area contributed by atoms with Crippen LogP contribution in [0.15, 0.2) is 0 Å². The van der Waals surface area contributed by atoms with E-state index in [-0.39, 0.29) is 12.3 Å². The molecule has 0 saturated heterocycles. The van der Waals surface area contributed by atoms with Gasteiger partial charge in [0.05, 0.1) is 33.7 Å². The summed E-state index contributed by atoms with van der Waals surface area (Å²) in [6, 6.07) is -1.49. The highest BCUT2D eigenvalue weighted by molar-refractivity contribution is 5.92. The molecule has 0 aliphatic carbocycles. The van der Waals surface area contributed by atoms with Gasteiger partial charge < -0.3 is 24.6 Å². The van der Waals surface area contributed by atoms with Crippen LogP contribution in [0.5, 0.6) is 0 Å². The van der Waals surface area contributed by atoms with E-state index in [0.717, 1.165) is 21.3 Å². The SMILES string of the molecule is COC(=O)C[C@H](C(=O)OC)[C@H](NC(=O)[C@H](O)CC(C)C)C(=O)OC. The van der Waals surface area contributed by atoms with Crippen molar-refractivity contribution in [3.05, 3.63) is 0 Å². The Morgan fingerprint density at radius 1 is 0.958 bits per heavy atom. The molecule has 0 spiro atoms. The number of methoxy groups -OCH3 is 3. The summed E-state index contributed by atoms with van der Waals surface area (Å²) < 4.78 is 13.6. The van der Waals surface area contributed by atoms with Crippen LogP contribution in [-0.4, -0.2) is 62.4 Å². The molecule has 0 radical (unpaired) electrons. The first-order valence-electron chi connectivity index (χ1n) is 7.38. The highest BCUT2D eigenvalue weighted by Crippen LogP contribution is 2.15. The number of carbonyl (C=O) groups is 4. The molecule has 24 heavy (non-hydrogen) atoms. The highest BCUT2D eigenvalue weighted by atomic mass is 16.5. The predicted molar refractivity (Wildman–Crippen MR) is 81.5 cm³/mol. The Hall–Kier alpha value is -2.16. The Morgan fingerprint density at radius 3 is 1.92 bits per heavy atom. The molecule has 0 aromatic rings. The van der Waals surface area contributed by atoms with Crippen LogP contribution in [0.3, 0.4) is 0 Å². The minimum atomic E-state index is -1.49. The molecular formula is C15H25NO8. The lowest BCUT2D eigenvalue weighted by Gasteiger charge is -2.24. The third-order valence-corrected chi connectivity index (χ3v) is 3.27. The Morgan fingerprint density at radius 2 is 1.50 bits per heavy atom. The predicted octanol–water partition coefficient (Wildman–Crippen LogP) is -0.596. The van der Waals surface area contributed by atoms with E-state index in [9.17, 15) is 24.3 Å². The van der Waals surface area contributed by atoms with Crippen LogP contribution in [-0.2, 0) is 33.4 Å². The van der Waals surface area contributed by atoms with Crippen LogP contribution in [0.4, 0.5) is 0 Å². The van der Waals surface area contributed by atoms with Gasteiger partial charge in [-0.2, -0.15) is 0 Å². The van der Waals surface area contributed by atoms with Crippen LogP contribution in [0.1, 0.15) is 26.7 Å². The van der Waals surface area contributed by atoms with E-state index in [0.29, 0.717) is 0 Å². The first kappa shape index (κ1) is 21.8. The van der Waals surface area contributed by atoms with E-state index in [4.69, 9.17) is 0 Å². The fourth-order valence-corrected chi connectivity index (χ4v) is 2.01. The smallest absolute Gasteiger partial charge is 0.329 e. The van der Waals surface area contributed by atoms with Crippen molar-refractivity contribution in [2.75, 3.05) is 21.3 Å². The third-order valence-electron chi connectivity index (χ3n) is 3.27. The second-order valence-electron chi connectivity index (χ2n) is 5.56. The monoisotopic (exact) mass is 347 g/mol. The van der Waals surface area contributed by atoms with E-state index in [1.54, 1.807) is 0 Å². The molecule has 0 fully saturated rings. The number of nitrogens with one attached hydrogen (secondary N) is 1. The lowest BCUT2D eigenvalue weighted by atomic mass is 9.95. The summed E-state index contributed by atoms with van der Waals surface area (Å²) in [6.07, 6.45) is -1.70. The molecular weight excluding hydrogens is 322 g/mol. The zero-order valence-electron chi connectivity index (χ0n) is 14.5. The van der Waals surface area contributed by atoms with Crippen molar-refractivity contribution in [2.45, 2.75) is 38.8 Å². The summed E-state index contributed by atoms with van der Waals surface area (Å²) in [6.45, 7) is 3.62. The summed E-state index contributed by atoms with van der Waals surface area (Å²) in [4.78, 5) is 47.4. The number of carbonyl (C=O) groups excluding carboxylic acids is 4. The Kier molecular flexibility index (Phi) is 9.63. The van der Waals surface area contributed by atoms with E-state index in [1.165, 1.54) is 0 Å². The summed E-state index contributed by atoms with van der Waals surface area (Å²) in [7, 11) is 3.27. The maximum atomic E-state index is 12.0. The second kappa shape index (κ2) is 10.6. The van der Waals surface area contributed by atoms with Gasteiger partial charge in [-0.1, -0.05) is 13.8 Å². The van der Waals surface area contributed by atoms with Crippen LogP contribution < -0.4 is 5.32 Å². The van der Waals surface area contributed by atoms with Crippen molar-refractivity contribution < 1.29 is 38.5 Å². The van der Waals surface area contributed by atoms with Crippen LogP contribution >= 0.6 is 0 Å². The van der Waals surface area contributed by atoms with Crippen LogP contribution in [0, 0.1) is 11.8 Å². The van der Waals surface area contributed by atoms with E-state index < -0.39 is 48.3 Å². The summed E-state index contributed by atoms with van der Waals surface area (Å²) in [5.74, 6) is -4.76. The van der Waals surface area contributed by atoms with Crippen molar-refractivity contribution >= 4 is 23.8 Å². The molecule has 3 atom stereocenters. The Labute approximate surface area is 140 Å². The van der Waals surface area contributed by atoms with Crippen molar-refractivity contribution in [1.82, 2.24) is 5.32 Å². The molecule has 0 saturated carbocycles. The van der Waals surface area contributed by atoms with Crippen molar-refractivity contribution in [2.24, 2.45) is 11.8 Å². The topological polar surface area (TPSA) is 128 Å². The van der Waals surface area contributed by atoms with Crippen LogP contribution in [0.2, 0.25) is 0 Å². The van der Waals surface area contributed by atoms with Crippen LogP contribution in [0.25, 0.3) is 0 Å². The van der Waals surface area contributed by atoms with E-state index in [1.807, 2.05) is 13.8 Å². The largest absolute Gasteiger partial charge is 0.469 e. The zero-order valence-corrected chi connectivity index (χ0v) is 14.5. The number of rotatable bonds is 9. The number of hydrogen-bond acceptors (Lipinski definition) is 8. The van der Waals surface area contributed by atoms with Gasteiger partial charge in [0, 0.05) is 0 Å². The average molecular weight is 347 g/mol. The van der Waals surface area contributed by atoms with E-state index in [2.05, 4.69) is 19.5 Å². The highest BCUT2D eigenvalue weighted by Gasteiger charge is 2.39. The molecule has 0 unspecified atom stereocenters. The summed E-state index contributed by atoms with van der Waals surface area (Å²) >= 11 is 0. The van der Waals surface area contributed by atoms with Gasteiger partial charge in [-0.05, 0) is 12.3 Å². The fraction of sp³-hybridized carbons (Fsp3) is 0.733. The first-order valence-corrected chi connectivity index (χ1v) is 7.38. The molecule has 0 aromatic heterocycles. The quantitative estimate of drug-likeness (QED) is 0.418. The van der Waals surface area contributed by atoms with Gasteiger partial charge in [-0.15, -0.1) is 0 Å². The number of aliphatic hydroxyl groups excluding tert-OH is 1. The fourth-order valence-electron chi connectivity index (χ4n) is 2.01. The normalized spacial score (nSPS) is 14.3. The molecule has 0 heterocycles. The maximum Gasteiger partial charge on any atom is 0.329 e. The first-order chi connectivity index (χ1) is 11.2. The van der Waals surface area contributed by atoms with Gasteiger partial charge in [-0.3, -0.25) is 14.4 Å². The Bertz CT molecular complexity index is 462. The standard InChI is InChI=1S/C15H25NO8/c1-8(2)6-10(17)13(19)16-12(15(21)24-5)9(14(20)23-4)7-11(18)22-3/h8-10,12,17H,6-7H2,1-5H3,(H,16,19)/t9-,10+,12-/m0/s1. The number of ether oxygens (including phenoxy) is 3. The molecule has 0 bridgehead atoms. The molecule has 2 N–H and O–H groups in total. The maximum absolute atomic E-state index is 12.0. The van der Waals surface area contributed by atoms with Gasteiger partial charge in [0.2, 0.25) is 5.91 Å². The average Bonchev–Trinajstić information content (AvgIpc) is 2.55. The minimum Gasteiger partial charge on any atom is -0.469 e. The molecule has 0 aliphatic rings. The second-order valence-corrected chi connectivity index (χ2v) is 5.56. The number of esters is 3. The number of aliphatic hydroxyl groups is 1. The minimum absolute atomic E-state index is 0.0359. The van der Waals surface area contributed by atoms with Gasteiger partial charge in [0.25, 0.3) is 0 Å². The molecule has 1 amide bonds. The molecule has 0 aliphatic heterocycles. The molecule has 9 nitrogen and oxygen atoms in total. The van der Waals surface area contributed by atoms with Gasteiger partial charge in [-0.25, -0.2) is 4.79 Å². The third kappa shape index (κ3) is 6.95. The Balaban J connectivity index is 5.38. The number of hydrogen-bond donors (Lipinski definition) is 2. The van der Waals surface area contributed by atoms with E-state index >= 15 is 0 Å². The molecule has 138 valence electrons. The van der Waals surface area contributed by atoms with Crippen molar-refractivity contribution in [1.29, 1.82) is 0 Å². The molecule has 0 rings (SSSR count). The van der Waals surface area contributed by atoms with Crippen molar-refractivity contribution in [3.63, 3.8) is 0 Å². The summed E-state index contributed by atoms with van der Waals surface area (Å²) in [5.41, 5.74) is 0. The molecule has 9 heteroatoms. The van der Waals surface area contributed by atoms with Crippen molar-refractivity contribution in [3.8, 4) is 0 Å². The van der Waals surface area contributed by atoms with Gasteiger partial charge >= 0.3 is 17.9 Å². The summed E-state index contributed by atoms with van der Waals surface area (Å²) in [5, 5.41) is 12.1. The number of amides is 1. The van der Waals surface area contributed by atoms with Gasteiger partial charge in [0.1, 0.15) is 12.1 Å². The van der Waals surface area contributed by atoms with Gasteiger partial charge in [0.15, 0.2) is 0 Å².